The standard InChI is InChI=1S/C17H24N4O3/c1-12(18-13(2)23)10-17-19-16(20-21(17)8-9-22)11-14-6-4-5-7-15(14)24-3/h4-7,12,22H,8-11H2,1-3H3,(H,18,23). The summed E-state index contributed by atoms with van der Waals surface area (Å²) in [6.07, 6.45) is 1.10. The first-order valence-electron chi connectivity index (χ1n) is 7.96. The summed E-state index contributed by atoms with van der Waals surface area (Å²) in [5.41, 5.74) is 1.00. The highest BCUT2D eigenvalue weighted by atomic mass is 16.5. The average Bonchev–Trinajstić information content (AvgIpc) is 2.88. The lowest BCUT2D eigenvalue weighted by atomic mass is 10.1. The number of ether oxygens (including phenoxy) is 1. The summed E-state index contributed by atoms with van der Waals surface area (Å²) in [6.45, 7) is 3.77. The number of nitrogens with one attached hydrogen (secondary N) is 1. The highest BCUT2D eigenvalue weighted by Crippen LogP contribution is 2.20. The molecule has 0 fully saturated rings. The zero-order valence-electron chi connectivity index (χ0n) is 14.3. The number of carbonyl (C=O) groups is 1. The predicted octanol–water partition coefficient (Wildman–Crippen LogP) is 0.937. The first-order valence-corrected chi connectivity index (χ1v) is 7.96. The van der Waals surface area contributed by atoms with Gasteiger partial charge in [-0.1, -0.05) is 18.2 Å². The summed E-state index contributed by atoms with van der Waals surface area (Å²) in [7, 11) is 1.64. The molecular formula is C17H24N4O3. The van der Waals surface area contributed by atoms with Crippen LogP contribution in [0.25, 0.3) is 0 Å². The Labute approximate surface area is 141 Å². The zero-order valence-corrected chi connectivity index (χ0v) is 14.3. The number of nitrogens with zero attached hydrogens (tertiary/aromatic N) is 3. The van der Waals surface area contributed by atoms with Crippen molar-refractivity contribution in [3.8, 4) is 5.75 Å². The molecule has 0 bridgehead atoms. The van der Waals surface area contributed by atoms with Crippen LogP contribution < -0.4 is 10.1 Å². The van der Waals surface area contributed by atoms with Crippen molar-refractivity contribution >= 4 is 5.91 Å². The number of methoxy groups -OCH3 is 1. The second-order valence-electron chi connectivity index (χ2n) is 5.69. The van der Waals surface area contributed by atoms with Crippen molar-refractivity contribution in [2.24, 2.45) is 0 Å². The van der Waals surface area contributed by atoms with E-state index in [4.69, 9.17) is 4.74 Å². The minimum Gasteiger partial charge on any atom is -0.496 e. The molecule has 0 aliphatic rings. The Balaban J connectivity index is 2.19. The van der Waals surface area contributed by atoms with Gasteiger partial charge >= 0.3 is 0 Å². The number of para-hydroxylation sites is 1. The number of aromatic nitrogens is 3. The Morgan fingerprint density at radius 1 is 1.42 bits per heavy atom. The van der Waals surface area contributed by atoms with Crippen LogP contribution in [0.5, 0.6) is 5.75 Å². The number of amides is 1. The fourth-order valence-electron chi connectivity index (χ4n) is 2.62. The van der Waals surface area contributed by atoms with E-state index in [-0.39, 0.29) is 18.6 Å². The van der Waals surface area contributed by atoms with Gasteiger partial charge in [-0.25, -0.2) is 9.67 Å². The van der Waals surface area contributed by atoms with Gasteiger partial charge in [-0.05, 0) is 13.0 Å². The highest BCUT2D eigenvalue weighted by Gasteiger charge is 2.15. The van der Waals surface area contributed by atoms with Gasteiger partial charge in [0.1, 0.15) is 11.6 Å². The van der Waals surface area contributed by atoms with Crippen LogP contribution in [0.3, 0.4) is 0 Å². The maximum absolute atomic E-state index is 11.2. The third-order valence-corrected chi connectivity index (χ3v) is 3.58. The number of aliphatic hydroxyl groups is 1. The predicted molar refractivity (Wildman–Crippen MR) is 89.9 cm³/mol. The second kappa shape index (κ2) is 8.44. The molecule has 7 heteroatoms. The number of benzene rings is 1. The third-order valence-electron chi connectivity index (χ3n) is 3.58. The fourth-order valence-corrected chi connectivity index (χ4v) is 2.62. The molecule has 2 N–H and O–H groups in total. The van der Waals surface area contributed by atoms with Gasteiger partial charge in [0.2, 0.25) is 5.91 Å². The largest absolute Gasteiger partial charge is 0.496 e. The Hall–Kier alpha value is -2.41. The Kier molecular flexibility index (Phi) is 6.31. The van der Waals surface area contributed by atoms with Crippen molar-refractivity contribution in [1.29, 1.82) is 0 Å². The lowest BCUT2D eigenvalue weighted by Gasteiger charge is -2.12. The number of aliphatic hydroxyl groups excluding tert-OH is 1. The van der Waals surface area contributed by atoms with Gasteiger partial charge in [0.15, 0.2) is 5.82 Å². The minimum absolute atomic E-state index is 0.0149. The molecule has 7 nitrogen and oxygen atoms in total. The van der Waals surface area contributed by atoms with Gasteiger partial charge in [0, 0.05) is 31.4 Å². The molecule has 0 spiro atoms. The maximum atomic E-state index is 11.2. The summed E-state index contributed by atoms with van der Waals surface area (Å²) >= 11 is 0. The molecule has 2 rings (SSSR count). The molecule has 1 aromatic carbocycles. The zero-order chi connectivity index (χ0) is 17.5. The highest BCUT2D eigenvalue weighted by molar-refractivity contribution is 5.73. The molecular weight excluding hydrogens is 308 g/mol. The Morgan fingerprint density at radius 2 is 2.17 bits per heavy atom. The van der Waals surface area contributed by atoms with Crippen molar-refractivity contribution in [3.63, 3.8) is 0 Å². The van der Waals surface area contributed by atoms with E-state index >= 15 is 0 Å². The van der Waals surface area contributed by atoms with E-state index in [0.29, 0.717) is 25.2 Å². The van der Waals surface area contributed by atoms with E-state index in [1.54, 1.807) is 11.8 Å². The van der Waals surface area contributed by atoms with E-state index in [1.807, 2.05) is 31.2 Å². The molecule has 130 valence electrons. The summed E-state index contributed by atoms with van der Waals surface area (Å²) in [6, 6.07) is 7.69. The molecule has 0 radical (unpaired) electrons. The van der Waals surface area contributed by atoms with Crippen molar-refractivity contribution < 1.29 is 14.6 Å². The molecule has 1 unspecified atom stereocenters. The van der Waals surface area contributed by atoms with Crippen molar-refractivity contribution in [2.45, 2.75) is 39.3 Å². The van der Waals surface area contributed by atoms with Crippen molar-refractivity contribution in [2.75, 3.05) is 13.7 Å². The van der Waals surface area contributed by atoms with Gasteiger partial charge in [-0.15, -0.1) is 0 Å². The summed E-state index contributed by atoms with van der Waals surface area (Å²) in [5.74, 6) is 2.13. The molecule has 1 atom stereocenters. The topological polar surface area (TPSA) is 89.3 Å². The maximum Gasteiger partial charge on any atom is 0.217 e. The van der Waals surface area contributed by atoms with E-state index in [0.717, 1.165) is 17.1 Å². The van der Waals surface area contributed by atoms with Crippen LogP contribution in [-0.4, -0.2) is 45.5 Å². The third kappa shape index (κ3) is 4.79. The smallest absolute Gasteiger partial charge is 0.217 e. The molecule has 24 heavy (non-hydrogen) atoms. The molecule has 1 aromatic heterocycles. The monoisotopic (exact) mass is 332 g/mol. The molecule has 1 amide bonds. The number of hydrogen-bond donors (Lipinski definition) is 2. The normalized spacial score (nSPS) is 12.0. The molecule has 2 aromatic rings. The SMILES string of the molecule is COc1ccccc1Cc1nc(CC(C)NC(C)=O)n(CCO)n1. The van der Waals surface area contributed by atoms with E-state index in [2.05, 4.69) is 15.4 Å². The lowest BCUT2D eigenvalue weighted by molar-refractivity contribution is -0.119. The Bertz CT molecular complexity index is 684. The minimum atomic E-state index is -0.0787. The van der Waals surface area contributed by atoms with E-state index in [9.17, 15) is 9.90 Å². The summed E-state index contributed by atoms with van der Waals surface area (Å²) in [4.78, 5) is 15.7. The first kappa shape index (κ1) is 17.9. The quantitative estimate of drug-likeness (QED) is 0.751. The van der Waals surface area contributed by atoms with Gasteiger partial charge in [0.05, 0.1) is 20.3 Å². The van der Waals surface area contributed by atoms with E-state index < -0.39 is 0 Å². The molecule has 0 aliphatic carbocycles. The molecule has 1 heterocycles. The Morgan fingerprint density at radius 3 is 2.83 bits per heavy atom. The molecule has 0 saturated carbocycles. The first-order chi connectivity index (χ1) is 11.5. The van der Waals surface area contributed by atoms with Crippen LogP contribution in [-0.2, 0) is 24.2 Å². The van der Waals surface area contributed by atoms with Gasteiger partial charge in [-0.2, -0.15) is 5.10 Å². The second-order valence-corrected chi connectivity index (χ2v) is 5.69. The van der Waals surface area contributed by atoms with E-state index in [1.165, 1.54) is 6.92 Å². The number of hydrogen-bond acceptors (Lipinski definition) is 5. The molecule has 0 saturated heterocycles. The van der Waals surface area contributed by atoms with Crippen LogP contribution in [0.4, 0.5) is 0 Å². The van der Waals surface area contributed by atoms with Crippen molar-refractivity contribution in [3.05, 3.63) is 41.5 Å². The number of rotatable bonds is 8. The fraction of sp³-hybridized carbons (Fsp3) is 0.471. The van der Waals surface area contributed by atoms with Gasteiger partial charge in [0.25, 0.3) is 0 Å². The van der Waals surface area contributed by atoms with Crippen LogP contribution in [0.1, 0.15) is 31.1 Å². The van der Waals surface area contributed by atoms with Gasteiger partial charge < -0.3 is 15.2 Å². The molecule has 0 aliphatic heterocycles. The summed E-state index contributed by atoms with van der Waals surface area (Å²) in [5, 5.41) is 16.5. The van der Waals surface area contributed by atoms with Crippen LogP contribution >= 0.6 is 0 Å². The van der Waals surface area contributed by atoms with Crippen LogP contribution in [0.2, 0.25) is 0 Å². The average molecular weight is 332 g/mol. The van der Waals surface area contributed by atoms with Crippen LogP contribution in [0, 0.1) is 0 Å². The lowest BCUT2D eigenvalue weighted by Crippen LogP contribution is -2.33. The summed E-state index contributed by atoms with van der Waals surface area (Å²) < 4.78 is 7.06. The van der Waals surface area contributed by atoms with Crippen LogP contribution in [0.15, 0.2) is 24.3 Å². The van der Waals surface area contributed by atoms with Crippen molar-refractivity contribution in [1.82, 2.24) is 20.1 Å². The number of carbonyl (C=O) groups excluding carboxylic acids is 1. The van der Waals surface area contributed by atoms with Gasteiger partial charge in [-0.3, -0.25) is 4.79 Å².